The molecule has 0 amide bonds. The summed E-state index contributed by atoms with van der Waals surface area (Å²) in [5.41, 5.74) is 0.0998. The number of halogens is 2. The molecule has 0 unspecified atom stereocenters. The lowest BCUT2D eigenvalue weighted by molar-refractivity contribution is 0.383. The molecule has 0 spiro atoms. The van der Waals surface area contributed by atoms with E-state index < -0.39 is 27.4 Å². The average molecular weight is 426 g/mol. The molecule has 0 N–H and O–H groups in total. The summed E-state index contributed by atoms with van der Waals surface area (Å²) < 4.78 is 53.3. The van der Waals surface area contributed by atoms with Crippen LogP contribution in [-0.2, 0) is 15.8 Å². The van der Waals surface area contributed by atoms with Gasteiger partial charge >= 0.3 is 0 Å². The Morgan fingerprint density at radius 3 is 2.10 bits per heavy atom. The van der Waals surface area contributed by atoms with Gasteiger partial charge in [-0.15, -0.1) is 10.2 Å². The third-order valence-corrected chi connectivity index (χ3v) is 6.80. The van der Waals surface area contributed by atoms with Gasteiger partial charge in [0, 0.05) is 45.3 Å². The van der Waals surface area contributed by atoms with Gasteiger partial charge in [0.05, 0.1) is 5.75 Å². The number of nitrogens with zero attached hydrogens (tertiary/aromatic N) is 5. The Bertz CT molecular complexity index is 908. The van der Waals surface area contributed by atoms with Crippen LogP contribution in [0.25, 0.3) is 0 Å². The monoisotopic (exact) mass is 425 g/mol. The van der Waals surface area contributed by atoms with E-state index >= 15 is 0 Å². The zero-order valence-corrected chi connectivity index (χ0v) is 17.4. The van der Waals surface area contributed by atoms with Crippen molar-refractivity contribution in [2.24, 2.45) is 0 Å². The topological polar surface area (TPSA) is 69.6 Å². The van der Waals surface area contributed by atoms with Gasteiger partial charge < -0.3 is 9.80 Å². The Kier molecular flexibility index (Phi) is 6.63. The lowest BCUT2D eigenvalue weighted by Gasteiger charge is -2.34. The van der Waals surface area contributed by atoms with Gasteiger partial charge in [-0.1, -0.05) is 0 Å². The molecule has 0 aliphatic carbocycles. The summed E-state index contributed by atoms with van der Waals surface area (Å²) in [5.74, 6) is -0.494. The van der Waals surface area contributed by atoms with E-state index in [1.165, 1.54) is 4.31 Å². The van der Waals surface area contributed by atoms with Crippen LogP contribution in [0.1, 0.15) is 19.4 Å². The molecule has 1 aromatic heterocycles. The van der Waals surface area contributed by atoms with Crippen molar-refractivity contribution in [2.75, 3.05) is 49.1 Å². The Hall–Kier alpha value is -2.33. The number of anilines is 2. The summed E-state index contributed by atoms with van der Waals surface area (Å²) in [6, 6.07) is 6.62. The van der Waals surface area contributed by atoms with Crippen molar-refractivity contribution in [3.05, 3.63) is 47.5 Å². The molecule has 0 bridgehead atoms. The van der Waals surface area contributed by atoms with Gasteiger partial charge in [0.2, 0.25) is 10.0 Å². The second-order valence-electron chi connectivity index (χ2n) is 6.84. The van der Waals surface area contributed by atoms with Gasteiger partial charge in [0.15, 0.2) is 11.6 Å². The minimum absolute atomic E-state index is 0.0998. The zero-order chi connectivity index (χ0) is 21.0. The van der Waals surface area contributed by atoms with Crippen LogP contribution in [0.15, 0.2) is 30.3 Å². The van der Waals surface area contributed by atoms with E-state index in [2.05, 4.69) is 28.9 Å². The molecule has 1 saturated heterocycles. The summed E-state index contributed by atoms with van der Waals surface area (Å²) in [5, 5.41) is 8.54. The zero-order valence-electron chi connectivity index (χ0n) is 16.6. The van der Waals surface area contributed by atoms with Crippen molar-refractivity contribution in [1.29, 1.82) is 0 Å². The van der Waals surface area contributed by atoms with Crippen molar-refractivity contribution < 1.29 is 17.2 Å². The van der Waals surface area contributed by atoms with E-state index in [0.29, 0.717) is 18.9 Å². The molecule has 3 rings (SSSR count). The van der Waals surface area contributed by atoms with Crippen LogP contribution >= 0.6 is 0 Å². The molecule has 0 atom stereocenters. The van der Waals surface area contributed by atoms with Crippen LogP contribution in [0.4, 0.5) is 20.4 Å². The van der Waals surface area contributed by atoms with Gasteiger partial charge in [-0.2, -0.15) is 4.31 Å². The molecule has 7 nitrogen and oxygen atoms in total. The standard InChI is InChI=1S/C19H25F2N5O2S/c1-3-24(4-2)18-5-6-19(23-22-18)25-7-9-26(10-8-25)29(27,28)14-15-11-16(20)13-17(21)12-15/h5-6,11-13H,3-4,7-10,14H2,1-2H3. The molecule has 1 aliphatic rings. The summed E-state index contributed by atoms with van der Waals surface area (Å²) in [6.45, 7) is 7.28. The molecule has 2 heterocycles. The van der Waals surface area contributed by atoms with Crippen LogP contribution < -0.4 is 9.80 Å². The normalized spacial score (nSPS) is 15.5. The maximum atomic E-state index is 13.3. The van der Waals surface area contributed by atoms with E-state index in [1.807, 2.05) is 17.0 Å². The van der Waals surface area contributed by atoms with E-state index in [1.54, 1.807) is 0 Å². The fourth-order valence-corrected chi connectivity index (χ4v) is 4.88. The SMILES string of the molecule is CCN(CC)c1ccc(N2CCN(S(=O)(=O)Cc3cc(F)cc(F)c3)CC2)nn1. The quantitative estimate of drug-likeness (QED) is 0.678. The molecule has 158 valence electrons. The van der Waals surface area contributed by atoms with Gasteiger partial charge in [0.1, 0.15) is 11.6 Å². The second-order valence-corrected chi connectivity index (χ2v) is 8.81. The molecule has 0 saturated carbocycles. The first-order chi connectivity index (χ1) is 13.8. The Morgan fingerprint density at radius 1 is 0.966 bits per heavy atom. The van der Waals surface area contributed by atoms with Crippen LogP contribution in [-0.4, -0.2) is 62.2 Å². The minimum Gasteiger partial charge on any atom is -0.356 e. The molecule has 0 radical (unpaired) electrons. The van der Waals surface area contributed by atoms with E-state index in [-0.39, 0.29) is 18.7 Å². The molecule has 2 aromatic rings. The number of benzene rings is 1. The second kappa shape index (κ2) is 9.00. The number of rotatable bonds is 7. The van der Waals surface area contributed by atoms with E-state index in [9.17, 15) is 17.2 Å². The minimum atomic E-state index is -3.67. The molecule has 1 aromatic carbocycles. The highest BCUT2D eigenvalue weighted by molar-refractivity contribution is 7.88. The fourth-order valence-electron chi connectivity index (χ4n) is 3.39. The summed E-state index contributed by atoms with van der Waals surface area (Å²) in [7, 11) is -3.67. The number of hydrogen-bond acceptors (Lipinski definition) is 6. The van der Waals surface area contributed by atoms with Gasteiger partial charge in [0.25, 0.3) is 0 Å². The van der Waals surface area contributed by atoms with E-state index in [4.69, 9.17) is 0 Å². The van der Waals surface area contributed by atoms with Crippen LogP contribution in [0.3, 0.4) is 0 Å². The largest absolute Gasteiger partial charge is 0.356 e. The predicted octanol–water partition coefficient (Wildman–Crippen LogP) is 2.25. The number of aromatic nitrogens is 2. The van der Waals surface area contributed by atoms with Gasteiger partial charge in [-0.05, 0) is 43.7 Å². The van der Waals surface area contributed by atoms with Crippen molar-refractivity contribution in [3.8, 4) is 0 Å². The maximum Gasteiger partial charge on any atom is 0.218 e. The molecular formula is C19H25F2N5O2S. The van der Waals surface area contributed by atoms with Crippen LogP contribution in [0.2, 0.25) is 0 Å². The smallest absolute Gasteiger partial charge is 0.218 e. The first-order valence-electron chi connectivity index (χ1n) is 9.58. The molecule has 1 fully saturated rings. The predicted molar refractivity (Wildman–Crippen MR) is 108 cm³/mol. The summed E-state index contributed by atoms with van der Waals surface area (Å²) >= 11 is 0. The third-order valence-electron chi connectivity index (χ3n) is 4.95. The van der Waals surface area contributed by atoms with Crippen molar-refractivity contribution in [1.82, 2.24) is 14.5 Å². The lowest BCUT2D eigenvalue weighted by atomic mass is 10.2. The van der Waals surface area contributed by atoms with Crippen molar-refractivity contribution in [2.45, 2.75) is 19.6 Å². The highest BCUT2D eigenvalue weighted by Gasteiger charge is 2.28. The Labute approximate surface area is 170 Å². The fraction of sp³-hybridized carbons (Fsp3) is 0.474. The lowest BCUT2D eigenvalue weighted by Crippen LogP contribution is -2.49. The molecule has 10 heteroatoms. The highest BCUT2D eigenvalue weighted by Crippen LogP contribution is 2.19. The molecular weight excluding hydrogens is 400 g/mol. The summed E-state index contributed by atoms with van der Waals surface area (Å²) in [4.78, 5) is 4.07. The third kappa shape index (κ3) is 5.18. The number of sulfonamides is 1. The number of hydrogen-bond donors (Lipinski definition) is 0. The van der Waals surface area contributed by atoms with E-state index in [0.717, 1.165) is 37.1 Å². The first-order valence-corrected chi connectivity index (χ1v) is 11.2. The first kappa shape index (κ1) is 21.4. The summed E-state index contributed by atoms with van der Waals surface area (Å²) in [6.07, 6.45) is 0. The maximum absolute atomic E-state index is 13.3. The highest BCUT2D eigenvalue weighted by atomic mass is 32.2. The molecule has 1 aliphatic heterocycles. The van der Waals surface area contributed by atoms with Gasteiger partial charge in [-0.3, -0.25) is 0 Å². The van der Waals surface area contributed by atoms with Gasteiger partial charge in [-0.25, -0.2) is 17.2 Å². The number of piperazine rings is 1. The van der Waals surface area contributed by atoms with Crippen molar-refractivity contribution in [3.63, 3.8) is 0 Å². The average Bonchev–Trinajstić information content (AvgIpc) is 2.68. The Balaban J connectivity index is 1.62. The Morgan fingerprint density at radius 2 is 1.59 bits per heavy atom. The van der Waals surface area contributed by atoms with Crippen LogP contribution in [0.5, 0.6) is 0 Å². The molecule has 29 heavy (non-hydrogen) atoms. The van der Waals surface area contributed by atoms with Crippen LogP contribution in [0, 0.1) is 11.6 Å². The van der Waals surface area contributed by atoms with Crippen molar-refractivity contribution >= 4 is 21.7 Å².